The zero-order valence-corrected chi connectivity index (χ0v) is 23.0. The SMILES string of the molecule is COc1c(C[n+]2ccc(-c3ccncc3)cc2)cccc1C[n+]1ccc(-c2ccncc2)cc1.[Br-].[Br-]. The van der Waals surface area contributed by atoms with Gasteiger partial charge in [-0.2, -0.15) is 0 Å². The van der Waals surface area contributed by atoms with Crippen molar-refractivity contribution in [2.45, 2.75) is 13.1 Å². The number of benzene rings is 1. The molecule has 36 heavy (non-hydrogen) atoms. The van der Waals surface area contributed by atoms with Crippen LogP contribution in [0.3, 0.4) is 0 Å². The van der Waals surface area contributed by atoms with E-state index in [4.69, 9.17) is 4.74 Å². The van der Waals surface area contributed by atoms with Gasteiger partial charge in [-0.15, -0.1) is 0 Å². The molecule has 5 rings (SSSR count). The summed E-state index contributed by atoms with van der Waals surface area (Å²) in [5, 5.41) is 0. The summed E-state index contributed by atoms with van der Waals surface area (Å²) in [6, 6.07) is 23.0. The van der Waals surface area contributed by atoms with Gasteiger partial charge in [0, 0.05) is 49.1 Å². The first kappa shape index (κ1) is 27.2. The Labute approximate surface area is 232 Å². The van der Waals surface area contributed by atoms with Gasteiger partial charge in [0.05, 0.1) is 18.2 Å². The van der Waals surface area contributed by atoms with Gasteiger partial charge >= 0.3 is 0 Å². The fourth-order valence-electron chi connectivity index (χ4n) is 4.14. The van der Waals surface area contributed by atoms with Crippen molar-refractivity contribution in [3.05, 3.63) is 127 Å². The second-order valence-corrected chi connectivity index (χ2v) is 8.10. The third-order valence-electron chi connectivity index (χ3n) is 5.90. The van der Waals surface area contributed by atoms with Crippen molar-refractivity contribution < 1.29 is 47.8 Å². The zero-order valence-electron chi connectivity index (χ0n) is 19.8. The number of hydrogen-bond acceptors (Lipinski definition) is 3. The van der Waals surface area contributed by atoms with E-state index in [0.29, 0.717) is 0 Å². The molecule has 7 heteroatoms. The van der Waals surface area contributed by atoms with Crippen LogP contribution in [0.1, 0.15) is 11.1 Å². The van der Waals surface area contributed by atoms with Crippen LogP contribution in [-0.4, -0.2) is 17.1 Å². The van der Waals surface area contributed by atoms with Gasteiger partial charge in [0.2, 0.25) is 0 Å². The van der Waals surface area contributed by atoms with Crippen LogP contribution >= 0.6 is 0 Å². The largest absolute Gasteiger partial charge is 1.00 e. The molecule has 1 aromatic carbocycles. The standard InChI is InChI=1S/C29H26N4O.2BrH/c1-34-29-27(21-32-17-9-25(10-18-32)23-5-13-30-14-6-23)3-2-4-28(29)22-33-19-11-26(12-20-33)24-7-15-31-16-8-24;;/h2-20H,21-22H2,1H3;2*1H/q+2;;/p-2. The van der Waals surface area contributed by atoms with Crippen LogP contribution in [-0.2, 0) is 13.1 Å². The van der Waals surface area contributed by atoms with Gasteiger partial charge in [-0.25, -0.2) is 9.13 Å². The molecule has 0 saturated heterocycles. The van der Waals surface area contributed by atoms with E-state index in [1.54, 1.807) is 7.11 Å². The Balaban J connectivity index is 0.00000180. The highest BCUT2D eigenvalue weighted by atomic mass is 79.9. The van der Waals surface area contributed by atoms with Crippen LogP contribution in [0, 0.1) is 0 Å². The Morgan fingerprint density at radius 3 is 1.28 bits per heavy atom. The van der Waals surface area contributed by atoms with Crippen LogP contribution in [0.4, 0.5) is 0 Å². The molecule has 0 bridgehead atoms. The Hall–Kier alpha value is -3.42. The van der Waals surface area contributed by atoms with Gasteiger partial charge in [0.25, 0.3) is 0 Å². The molecular weight excluding hydrogens is 580 g/mol. The number of hydrogen-bond donors (Lipinski definition) is 0. The Morgan fingerprint density at radius 1 is 0.556 bits per heavy atom. The molecule has 0 unspecified atom stereocenters. The van der Waals surface area contributed by atoms with E-state index in [9.17, 15) is 0 Å². The molecule has 5 nitrogen and oxygen atoms in total. The monoisotopic (exact) mass is 604 g/mol. The van der Waals surface area contributed by atoms with Crippen molar-refractivity contribution in [3.8, 4) is 28.0 Å². The second kappa shape index (κ2) is 13.0. The highest BCUT2D eigenvalue weighted by Crippen LogP contribution is 2.24. The smallest absolute Gasteiger partial charge is 0.177 e. The zero-order chi connectivity index (χ0) is 23.2. The molecule has 4 heterocycles. The van der Waals surface area contributed by atoms with Gasteiger partial charge in [-0.05, 0) is 58.7 Å². The summed E-state index contributed by atoms with van der Waals surface area (Å²) in [5.74, 6) is 0.930. The maximum Gasteiger partial charge on any atom is 0.177 e. The topological polar surface area (TPSA) is 42.8 Å². The minimum absolute atomic E-state index is 0. The average Bonchev–Trinajstić information content (AvgIpc) is 2.91. The Bertz CT molecular complexity index is 1260. The van der Waals surface area contributed by atoms with E-state index in [-0.39, 0.29) is 34.0 Å². The highest BCUT2D eigenvalue weighted by molar-refractivity contribution is 5.62. The Kier molecular flexibility index (Phi) is 9.85. The molecule has 4 aromatic heterocycles. The molecule has 0 aliphatic heterocycles. The molecule has 0 atom stereocenters. The molecule has 0 radical (unpaired) electrons. The molecule has 0 amide bonds. The lowest BCUT2D eigenvalue weighted by atomic mass is 10.1. The quantitative estimate of drug-likeness (QED) is 0.212. The van der Waals surface area contributed by atoms with Crippen LogP contribution < -0.4 is 47.8 Å². The van der Waals surface area contributed by atoms with Crippen molar-refractivity contribution in [2.75, 3.05) is 7.11 Å². The number of pyridine rings is 4. The maximum absolute atomic E-state index is 5.87. The summed E-state index contributed by atoms with van der Waals surface area (Å²) in [6.45, 7) is 1.47. The van der Waals surface area contributed by atoms with E-state index in [1.165, 1.54) is 11.1 Å². The van der Waals surface area contributed by atoms with Gasteiger partial charge in [-0.3, -0.25) is 9.97 Å². The normalized spacial score (nSPS) is 10.1. The van der Waals surface area contributed by atoms with Crippen molar-refractivity contribution in [3.63, 3.8) is 0 Å². The maximum atomic E-state index is 5.87. The van der Waals surface area contributed by atoms with E-state index in [0.717, 1.165) is 41.1 Å². The first-order valence-electron chi connectivity index (χ1n) is 11.2. The molecule has 0 aliphatic rings. The van der Waals surface area contributed by atoms with E-state index < -0.39 is 0 Å². The summed E-state index contributed by atoms with van der Waals surface area (Å²) in [5.41, 5.74) is 6.96. The summed E-state index contributed by atoms with van der Waals surface area (Å²) in [6.07, 6.45) is 15.7. The lowest BCUT2D eigenvalue weighted by Crippen LogP contribution is -3.00. The summed E-state index contributed by atoms with van der Waals surface area (Å²) in [4.78, 5) is 8.19. The molecule has 0 aliphatic carbocycles. The molecule has 0 saturated carbocycles. The van der Waals surface area contributed by atoms with Crippen LogP contribution in [0.2, 0.25) is 0 Å². The average molecular weight is 606 g/mol. The number of nitrogens with zero attached hydrogens (tertiary/aromatic N) is 4. The van der Waals surface area contributed by atoms with Gasteiger partial charge in [0.1, 0.15) is 5.75 Å². The van der Waals surface area contributed by atoms with Gasteiger partial charge in [0.15, 0.2) is 37.9 Å². The molecule has 0 N–H and O–H groups in total. The lowest BCUT2D eigenvalue weighted by Gasteiger charge is -2.11. The van der Waals surface area contributed by atoms with Crippen molar-refractivity contribution in [2.24, 2.45) is 0 Å². The van der Waals surface area contributed by atoms with Crippen molar-refractivity contribution in [1.82, 2.24) is 9.97 Å². The van der Waals surface area contributed by atoms with Crippen molar-refractivity contribution >= 4 is 0 Å². The lowest BCUT2D eigenvalue weighted by molar-refractivity contribution is -0.689. The van der Waals surface area contributed by atoms with Gasteiger partial charge < -0.3 is 38.7 Å². The van der Waals surface area contributed by atoms with Gasteiger partial charge in [-0.1, -0.05) is 6.07 Å². The minimum Gasteiger partial charge on any atom is -1.00 e. The number of aromatic nitrogens is 4. The number of halogens is 2. The fourth-order valence-corrected chi connectivity index (χ4v) is 4.14. The van der Waals surface area contributed by atoms with E-state index >= 15 is 0 Å². The third-order valence-corrected chi connectivity index (χ3v) is 5.90. The summed E-state index contributed by atoms with van der Waals surface area (Å²) in [7, 11) is 1.75. The minimum atomic E-state index is 0. The summed E-state index contributed by atoms with van der Waals surface area (Å²) >= 11 is 0. The van der Waals surface area contributed by atoms with Crippen LogP contribution in [0.25, 0.3) is 22.3 Å². The highest BCUT2D eigenvalue weighted by Gasteiger charge is 2.16. The molecule has 182 valence electrons. The molecule has 0 fully saturated rings. The summed E-state index contributed by atoms with van der Waals surface area (Å²) < 4.78 is 10.2. The number of ether oxygens (including phenoxy) is 1. The van der Waals surface area contributed by atoms with Crippen molar-refractivity contribution in [1.29, 1.82) is 0 Å². The van der Waals surface area contributed by atoms with E-state index in [1.807, 2.05) is 49.1 Å². The number of methoxy groups -OCH3 is 1. The second-order valence-electron chi connectivity index (χ2n) is 8.10. The number of para-hydroxylation sites is 1. The predicted molar refractivity (Wildman–Crippen MR) is 131 cm³/mol. The predicted octanol–water partition coefficient (Wildman–Crippen LogP) is -1.50. The Morgan fingerprint density at radius 2 is 0.917 bits per heavy atom. The first-order chi connectivity index (χ1) is 16.8. The molecular formula is C29H26Br2N4O. The number of rotatable bonds is 7. The molecule has 5 aromatic rings. The third kappa shape index (κ3) is 6.42. The first-order valence-corrected chi connectivity index (χ1v) is 11.2. The molecule has 0 spiro atoms. The van der Waals surface area contributed by atoms with Crippen LogP contribution in [0.5, 0.6) is 5.75 Å². The van der Waals surface area contributed by atoms with E-state index in [2.05, 4.69) is 86.4 Å². The van der Waals surface area contributed by atoms with Crippen LogP contribution in [0.15, 0.2) is 116 Å². The fraction of sp³-hybridized carbons (Fsp3) is 0.103.